The van der Waals surface area contributed by atoms with E-state index in [1.165, 1.54) is 30.4 Å². The van der Waals surface area contributed by atoms with Crippen LogP contribution in [0, 0.1) is 5.92 Å². The van der Waals surface area contributed by atoms with Gasteiger partial charge in [0.2, 0.25) is 0 Å². The zero-order valence-corrected chi connectivity index (χ0v) is 11.3. The van der Waals surface area contributed by atoms with Gasteiger partial charge in [0.05, 0.1) is 11.1 Å². The average molecular weight is 241 g/mol. The van der Waals surface area contributed by atoms with Crippen LogP contribution in [-0.2, 0) is 0 Å². The quantitative estimate of drug-likeness (QED) is 0.574. The Labute approximate surface area is 110 Å². The highest BCUT2D eigenvalue weighted by Gasteiger charge is 2.71. The summed E-state index contributed by atoms with van der Waals surface area (Å²) in [6.07, 6.45) is 14.9. The van der Waals surface area contributed by atoms with Crippen molar-refractivity contribution in [3.63, 3.8) is 0 Å². The minimum atomic E-state index is 0.162. The molecule has 0 aromatic heterocycles. The summed E-state index contributed by atoms with van der Waals surface area (Å²) >= 11 is 0. The molecule has 96 valence electrons. The molecule has 1 nitrogen and oxygen atoms in total. The van der Waals surface area contributed by atoms with E-state index in [0.717, 1.165) is 12.8 Å². The van der Waals surface area contributed by atoms with Crippen LogP contribution in [0.25, 0.3) is 0 Å². The van der Waals surface area contributed by atoms with Gasteiger partial charge in [0.1, 0.15) is 0 Å². The van der Waals surface area contributed by atoms with Crippen LogP contribution in [0.1, 0.15) is 39.0 Å². The molecule has 2 fully saturated rings. The largest absolute Gasteiger partial charge is 0.294 e. The van der Waals surface area contributed by atoms with E-state index in [1.54, 1.807) is 0 Å². The van der Waals surface area contributed by atoms with Crippen molar-refractivity contribution in [1.82, 2.24) is 5.32 Å². The summed E-state index contributed by atoms with van der Waals surface area (Å²) in [5.41, 5.74) is 3.03. The molecule has 1 heteroatoms. The average Bonchev–Trinajstić information content (AvgIpc) is 2.90. The molecule has 3 atom stereocenters. The van der Waals surface area contributed by atoms with Crippen molar-refractivity contribution in [3.05, 3.63) is 48.6 Å². The number of rotatable bonds is 2. The molecule has 0 amide bonds. The fraction of sp³-hybridized carbons (Fsp3) is 0.529. The van der Waals surface area contributed by atoms with Gasteiger partial charge in [-0.2, -0.15) is 0 Å². The second-order valence-electron chi connectivity index (χ2n) is 5.98. The molecule has 0 aromatic rings. The van der Waals surface area contributed by atoms with Gasteiger partial charge >= 0.3 is 0 Å². The molecule has 1 saturated carbocycles. The maximum absolute atomic E-state index is 4.46. The minimum Gasteiger partial charge on any atom is -0.294 e. The predicted octanol–water partition coefficient (Wildman–Crippen LogP) is 3.91. The standard InChI is InChI=1S/C17H23N/c1-4-5-9-15-10-6-8-13(2)16-11-7-12-17(16,18-16)14(15)3/h4-6,8,15,18H,2-3,7,9-12H2,1H3/b5-4-,8-6-. The van der Waals surface area contributed by atoms with Crippen molar-refractivity contribution in [2.45, 2.75) is 50.1 Å². The van der Waals surface area contributed by atoms with Gasteiger partial charge in [0, 0.05) is 0 Å². The van der Waals surface area contributed by atoms with E-state index in [1.807, 2.05) is 0 Å². The molecular weight excluding hydrogens is 218 g/mol. The first kappa shape index (κ1) is 12.0. The Bertz CT molecular complexity index is 456. The molecule has 3 rings (SSSR count). The van der Waals surface area contributed by atoms with E-state index < -0.39 is 0 Å². The zero-order valence-electron chi connectivity index (χ0n) is 11.3. The normalized spacial score (nSPS) is 44.4. The Balaban J connectivity index is 1.94. The molecule has 3 unspecified atom stereocenters. The van der Waals surface area contributed by atoms with Crippen LogP contribution in [0.3, 0.4) is 0 Å². The third-order valence-corrected chi connectivity index (χ3v) is 5.18. The third kappa shape index (κ3) is 1.37. The van der Waals surface area contributed by atoms with Gasteiger partial charge in [-0.05, 0) is 50.5 Å². The minimum absolute atomic E-state index is 0.162. The van der Waals surface area contributed by atoms with Gasteiger partial charge in [-0.25, -0.2) is 0 Å². The van der Waals surface area contributed by atoms with Gasteiger partial charge < -0.3 is 0 Å². The highest BCUT2D eigenvalue weighted by Crippen LogP contribution is 2.61. The van der Waals surface area contributed by atoms with Crippen LogP contribution in [0.15, 0.2) is 48.6 Å². The van der Waals surface area contributed by atoms with Crippen molar-refractivity contribution >= 4 is 0 Å². The van der Waals surface area contributed by atoms with E-state index in [-0.39, 0.29) is 11.1 Å². The van der Waals surface area contributed by atoms with E-state index in [0.29, 0.717) is 5.92 Å². The van der Waals surface area contributed by atoms with Crippen LogP contribution in [-0.4, -0.2) is 11.1 Å². The number of allylic oxidation sites excluding steroid dienone is 3. The first-order valence-electron chi connectivity index (χ1n) is 7.12. The van der Waals surface area contributed by atoms with Crippen LogP contribution in [0.4, 0.5) is 0 Å². The smallest absolute Gasteiger partial charge is 0.0660 e. The monoisotopic (exact) mass is 241 g/mol. The van der Waals surface area contributed by atoms with Gasteiger partial charge in [0.25, 0.3) is 0 Å². The van der Waals surface area contributed by atoms with Gasteiger partial charge in [-0.3, -0.25) is 5.32 Å². The molecule has 1 aliphatic heterocycles. The summed E-state index contributed by atoms with van der Waals surface area (Å²) in [5.74, 6) is 0.582. The van der Waals surface area contributed by atoms with Crippen molar-refractivity contribution in [3.8, 4) is 0 Å². The van der Waals surface area contributed by atoms with Crippen LogP contribution < -0.4 is 5.32 Å². The fourth-order valence-corrected chi connectivity index (χ4v) is 4.08. The highest BCUT2D eigenvalue weighted by atomic mass is 15.3. The summed E-state index contributed by atoms with van der Waals surface area (Å²) in [4.78, 5) is 0. The van der Waals surface area contributed by atoms with Crippen molar-refractivity contribution < 1.29 is 0 Å². The molecule has 0 spiro atoms. The maximum Gasteiger partial charge on any atom is 0.0660 e. The van der Waals surface area contributed by atoms with Gasteiger partial charge in [-0.15, -0.1) is 0 Å². The van der Waals surface area contributed by atoms with Crippen molar-refractivity contribution in [2.24, 2.45) is 5.92 Å². The summed E-state index contributed by atoms with van der Waals surface area (Å²) in [7, 11) is 0. The fourth-order valence-electron chi connectivity index (χ4n) is 4.08. The van der Waals surface area contributed by atoms with E-state index in [4.69, 9.17) is 0 Å². The molecule has 18 heavy (non-hydrogen) atoms. The van der Waals surface area contributed by atoms with Gasteiger partial charge in [-0.1, -0.05) is 43.0 Å². The maximum atomic E-state index is 4.46. The topological polar surface area (TPSA) is 21.9 Å². The lowest BCUT2D eigenvalue weighted by Crippen LogP contribution is -2.28. The van der Waals surface area contributed by atoms with Crippen LogP contribution in [0.2, 0.25) is 0 Å². The first-order valence-corrected chi connectivity index (χ1v) is 7.12. The number of hydrogen-bond donors (Lipinski definition) is 1. The molecule has 0 aromatic carbocycles. The molecular formula is C17H23N. The molecule has 1 saturated heterocycles. The van der Waals surface area contributed by atoms with E-state index in [9.17, 15) is 0 Å². The third-order valence-electron chi connectivity index (χ3n) is 5.18. The Morgan fingerprint density at radius 2 is 2.17 bits per heavy atom. The lowest BCUT2D eigenvalue weighted by atomic mass is 9.75. The van der Waals surface area contributed by atoms with Crippen LogP contribution in [0.5, 0.6) is 0 Å². The number of nitrogens with one attached hydrogen (secondary N) is 1. The number of piperidine rings is 1. The van der Waals surface area contributed by atoms with Crippen LogP contribution >= 0.6 is 0 Å². The molecule has 0 radical (unpaired) electrons. The Morgan fingerprint density at radius 1 is 1.39 bits per heavy atom. The van der Waals surface area contributed by atoms with E-state index >= 15 is 0 Å². The Kier molecular flexibility index (Phi) is 2.63. The number of hydrogen-bond acceptors (Lipinski definition) is 1. The Hall–Kier alpha value is -1.08. The second kappa shape index (κ2) is 3.96. The lowest BCUT2D eigenvalue weighted by molar-refractivity contribution is 0.531. The SMILES string of the molecule is C=C1/C=C\CC(C/C=C\C)C(=C)C23CCCC12N3. The summed E-state index contributed by atoms with van der Waals surface area (Å²) in [6.45, 7) is 10.8. The highest BCUT2D eigenvalue weighted by molar-refractivity contribution is 5.56. The molecule has 1 heterocycles. The van der Waals surface area contributed by atoms with E-state index in [2.05, 4.69) is 49.7 Å². The predicted molar refractivity (Wildman–Crippen MR) is 77.4 cm³/mol. The van der Waals surface area contributed by atoms with Gasteiger partial charge in [0.15, 0.2) is 0 Å². The first-order chi connectivity index (χ1) is 8.66. The summed E-state index contributed by atoms with van der Waals surface area (Å²) in [5, 5.41) is 3.77. The molecule has 3 aliphatic rings. The molecule has 2 aliphatic carbocycles. The lowest BCUT2D eigenvalue weighted by Gasteiger charge is -2.27. The summed E-state index contributed by atoms with van der Waals surface area (Å²) in [6, 6.07) is 0. The molecule has 0 bridgehead atoms. The summed E-state index contributed by atoms with van der Waals surface area (Å²) < 4.78 is 0. The van der Waals surface area contributed by atoms with Crippen molar-refractivity contribution in [2.75, 3.05) is 0 Å². The zero-order chi connectivity index (χ0) is 12.8. The second-order valence-corrected chi connectivity index (χ2v) is 5.98. The Morgan fingerprint density at radius 3 is 2.94 bits per heavy atom. The van der Waals surface area contributed by atoms with Crippen molar-refractivity contribution in [1.29, 1.82) is 0 Å². The molecule has 1 N–H and O–H groups in total.